The highest BCUT2D eigenvalue weighted by Gasteiger charge is 2.25. The van der Waals surface area contributed by atoms with Gasteiger partial charge in [0.25, 0.3) is 0 Å². The van der Waals surface area contributed by atoms with E-state index in [1.165, 1.54) is 58.4 Å². The zero-order valence-corrected chi connectivity index (χ0v) is 9.99. The zero-order chi connectivity index (χ0) is 10.7. The van der Waals surface area contributed by atoms with Gasteiger partial charge in [-0.3, -0.25) is 0 Å². The van der Waals surface area contributed by atoms with Crippen molar-refractivity contribution < 1.29 is 0 Å². The highest BCUT2D eigenvalue weighted by atomic mass is 15.2. The SMILES string of the molecule is CN1CCN(CC2CCCCC2N)CC1. The molecule has 1 aliphatic heterocycles. The number of nitrogens with zero attached hydrogens (tertiary/aromatic N) is 2. The first kappa shape index (κ1) is 11.4. The van der Waals surface area contributed by atoms with Crippen LogP contribution < -0.4 is 5.73 Å². The van der Waals surface area contributed by atoms with Crippen molar-refractivity contribution in [3.05, 3.63) is 0 Å². The summed E-state index contributed by atoms with van der Waals surface area (Å²) in [6, 6.07) is 0.471. The Kier molecular flexibility index (Phi) is 4.00. The molecule has 2 N–H and O–H groups in total. The minimum absolute atomic E-state index is 0.471. The van der Waals surface area contributed by atoms with Gasteiger partial charge in [-0.05, 0) is 25.8 Å². The van der Waals surface area contributed by atoms with E-state index < -0.39 is 0 Å². The fraction of sp³-hybridized carbons (Fsp3) is 1.00. The minimum atomic E-state index is 0.471. The van der Waals surface area contributed by atoms with Crippen LogP contribution in [-0.2, 0) is 0 Å². The standard InChI is InChI=1S/C12H25N3/c1-14-6-8-15(9-7-14)10-11-4-2-3-5-12(11)13/h11-12H,2-10,13H2,1H3. The van der Waals surface area contributed by atoms with Crippen LogP contribution in [0.5, 0.6) is 0 Å². The maximum absolute atomic E-state index is 6.19. The van der Waals surface area contributed by atoms with E-state index in [2.05, 4.69) is 16.8 Å². The van der Waals surface area contributed by atoms with Crippen molar-refractivity contribution in [1.29, 1.82) is 0 Å². The molecule has 15 heavy (non-hydrogen) atoms. The third-order valence-electron chi connectivity index (χ3n) is 4.06. The van der Waals surface area contributed by atoms with Gasteiger partial charge in [0.05, 0.1) is 0 Å². The van der Waals surface area contributed by atoms with Crippen molar-refractivity contribution in [2.24, 2.45) is 11.7 Å². The molecule has 0 aromatic rings. The van der Waals surface area contributed by atoms with Crippen molar-refractivity contribution in [1.82, 2.24) is 9.80 Å². The molecule has 3 nitrogen and oxygen atoms in total. The minimum Gasteiger partial charge on any atom is -0.327 e. The Morgan fingerprint density at radius 3 is 2.40 bits per heavy atom. The predicted molar refractivity (Wildman–Crippen MR) is 63.9 cm³/mol. The lowest BCUT2D eigenvalue weighted by Crippen LogP contribution is -2.49. The molecule has 1 saturated heterocycles. The summed E-state index contributed by atoms with van der Waals surface area (Å²) in [6.07, 6.45) is 5.35. The Morgan fingerprint density at radius 2 is 1.73 bits per heavy atom. The quantitative estimate of drug-likeness (QED) is 0.731. The van der Waals surface area contributed by atoms with Gasteiger partial charge in [-0.15, -0.1) is 0 Å². The first-order valence-electron chi connectivity index (χ1n) is 6.42. The Bertz CT molecular complexity index is 187. The lowest BCUT2D eigenvalue weighted by molar-refractivity contribution is 0.119. The molecule has 1 heterocycles. The Balaban J connectivity index is 1.75. The molecule has 2 unspecified atom stereocenters. The van der Waals surface area contributed by atoms with Crippen LogP contribution in [0.2, 0.25) is 0 Å². The van der Waals surface area contributed by atoms with E-state index in [1.807, 2.05) is 0 Å². The topological polar surface area (TPSA) is 32.5 Å². The molecule has 0 spiro atoms. The van der Waals surface area contributed by atoms with Crippen molar-refractivity contribution in [3.63, 3.8) is 0 Å². The summed E-state index contributed by atoms with van der Waals surface area (Å²) < 4.78 is 0. The smallest absolute Gasteiger partial charge is 0.0110 e. The number of rotatable bonds is 2. The summed E-state index contributed by atoms with van der Waals surface area (Å²) in [4.78, 5) is 5.02. The van der Waals surface area contributed by atoms with Gasteiger partial charge in [-0.2, -0.15) is 0 Å². The summed E-state index contributed by atoms with van der Waals surface area (Å²) in [6.45, 7) is 6.17. The Morgan fingerprint density at radius 1 is 1.07 bits per heavy atom. The van der Waals surface area contributed by atoms with E-state index in [0.29, 0.717) is 6.04 Å². The monoisotopic (exact) mass is 211 g/mol. The maximum atomic E-state index is 6.19. The van der Waals surface area contributed by atoms with Crippen LogP contribution >= 0.6 is 0 Å². The highest BCUT2D eigenvalue weighted by Crippen LogP contribution is 2.24. The second kappa shape index (κ2) is 5.28. The molecule has 0 aromatic heterocycles. The van der Waals surface area contributed by atoms with Crippen molar-refractivity contribution >= 4 is 0 Å². The van der Waals surface area contributed by atoms with Crippen LogP contribution in [0, 0.1) is 5.92 Å². The molecule has 2 atom stereocenters. The average Bonchev–Trinajstić information content (AvgIpc) is 2.25. The average molecular weight is 211 g/mol. The summed E-state index contributed by atoms with van der Waals surface area (Å²) >= 11 is 0. The lowest BCUT2D eigenvalue weighted by atomic mass is 9.84. The van der Waals surface area contributed by atoms with Crippen molar-refractivity contribution in [2.45, 2.75) is 31.7 Å². The molecule has 1 aliphatic carbocycles. The number of piperazine rings is 1. The third kappa shape index (κ3) is 3.16. The van der Waals surface area contributed by atoms with Crippen molar-refractivity contribution in [3.8, 4) is 0 Å². The fourth-order valence-electron chi connectivity index (χ4n) is 2.83. The molecule has 2 rings (SSSR count). The van der Waals surface area contributed by atoms with Gasteiger partial charge in [-0.25, -0.2) is 0 Å². The number of hydrogen-bond donors (Lipinski definition) is 1. The van der Waals surface area contributed by atoms with Gasteiger partial charge in [0.15, 0.2) is 0 Å². The second-order valence-corrected chi connectivity index (χ2v) is 5.31. The van der Waals surface area contributed by atoms with E-state index >= 15 is 0 Å². The summed E-state index contributed by atoms with van der Waals surface area (Å²) in [5.41, 5.74) is 6.19. The molecular formula is C12H25N3. The third-order valence-corrected chi connectivity index (χ3v) is 4.06. The van der Waals surface area contributed by atoms with E-state index in [1.54, 1.807) is 0 Å². The lowest BCUT2D eigenvalue weighted by Gasteiger charge is -2.37. The second-order valence-electron chi connectivity index (χ2n) is 5.31. The number of nitrogens with two attached hydrogens (primary N) is 1. The zero-order valence-electron chi connectivity index (χ0n) is 9.99. The number of likely N-dealkylation sites (N-methyl/N-ethyl adjacent to an activating group) is 1. The number of hydrogen-bond acceptors (Lipinski definition) is 3. The molecule has 3 heteroatoms. The molecule has 0 amide bonds. The molecule has 1 saturated carbocycles. The first-order chi connectivity index (χ1) is 7.25. The molecule has 2 fully saturated rings. The van der Waals surface area contributed by atoms with Crippen LogP contribution in [0.4, 0.5) is 0 Å². The van der Waals surface area contributed by atoms with Crippen LogP contribution in [0.3, 0.4) is 0 Å². The van der Waals surface area contributed by atoms with E-state index in [-0.39, 0.29) is 0 Å². The van der Waals surface area contributed by atoms with Gasteiger partial charge in [0.2, 0.25) is 0 Å². The predicted octanol–water partition coefficient (Wildman–Crippen LogP) is 0.751. The van der Waals surface area contributed by atoms with Gasteiger partial charge >= 0.3 is 0 Å². The van der Waals surface area contributed by atoms with E-state index in [4.69, 9.17) is 5.73 Å². The molecule has 0 radical (unpaired) electrons. The van der Waals surface area contributed by atoms with Crippen LogP contribution in [0.15, 0.2) is 0 Å². The van der Waals surface area contributed by atoms with Gasteiger partial charge < -0.3 is 15.5 Å². The van der Waals surface area contributed by atoms with E-state index in [9.17, 15) is 0 Å². The van der Waals surface area contributed by atoms with E-state index in [0.717, 1.165) is 5.92 Å². The fourth-order valence-corrected chi connectivity index (χ4v) is 2.83. The normalized spacial score (nSPS) is 35.6. The maximum Gasteiger partial charge on any atom is 0.0110 e. The summed E-state index contributed by atoms with van der Waals surface area (Å²) in [5.74, 6) is 0.766. The first-order valence-corrected chi connectivity index (χ1v) is 6.42. The molecule has 88 valence electrons. The molecule has 0 aromatic carbocycles. The van der Waals surface area contributed by atoms with Crippen LogP contribution in [0.1, 0.15) is 25.7 Å². The molecule has 2 aliphatic rings. The van der Waals surface area contributed by atoms with Gasteiger partial charge in [0, 0.05) is 38.8 Å². The van der Waals surface area contributed by atoms with Gasteiger partial charge in [0.1, 0.15) is 0 Å². The van der Waals surface area contributed by atoms with Crippen LogP contribution in [-0.4, -0.2) is 55.6 Å². The van der Waals surface area contributed by atoms with Crippen molar-refractivity contribution in [2.75, 3.05) is 39.8 Å². The molecular weight excluding hydrogens is 186 g/mol. The van der Waals surface area contributed by atoms with Gasteiger partial charge in [-0.1, -0.05) is 12.8 Å². The largest absolute Gasteiger partial charge is 0.327 e. The summed E-state index contributed by atoms with van der Waals surface area (Å²) in [7, 11) is 2.21. The molecule has 0 bridgehead atoms. The van der Waals surface area contributed by atoms with Crippen LogP contribution in [0.25, 0.3) is 0 Å². The Labute approximate surface area is 93.6 Å². The Hall–Kier alpha value is -0.120. The highest BCUT2D eigenvalue weighted by molar-refractivity contribution is 4.82. The summed E-state index contributed by atoms with van der Waals surface area (Å²) in [5, 5.41) is 0.